The largest absolute Gasteiger partial charge is 0.489 e. The molecule has 4 rings (SSSR count). The van der Waals surface area contributed by atoms with E-state index in [9.17, 15) is 4.79 Å². The maximum Gasteiger partial charge on any atom is 0.255 e. The predicted octanol–water partition coefficient (Wildman–Crippen LogP) is 5.16. The zero-order valence-corrected chi connectivity index (χ0v) is 15.5. The maximum absolute atomic E-state index is 11.9. The zero-order chi connectivity index (χ0) is 18.8. The summed E-state index contributed by atoms with van der Waals surface area (Å²) in [6.07, 6.45) is 5.64. The molecule has 0 saturated heterocycles. The number of hydrogen-bond donors (Lipinski definition) is 1. The molecule has 1 aliphatic rings. The second kappa shape index (κ2) is 7.46. The molecule has 0 unspecified atom stereocenters. The Kier molecular flexibility index (Phi) is 4.87. The molecule has 0 spiro atoms. The fourth-order valence-corrected chi connectivity index (χ4v) is 4.04. The highest BCUT2D eigenvalue weighted by atomic mass is 35.5. The first-order valence-corrected chi connectivity index (χ1v) is 9.49. The molecule has 1 fully saturated rings. The van der Waals surface area contributed by atoms with E-state index < -0.39 is 0 Å². The highest BCUT2D eigenvalue weighted by Gasteiger charge is 2.24. The third-order valence-electron chi connectivity index (χ3n) is 5.28. The van der Waals surface area contributed by atoms with Crippen LogP contribution in [0.1, 0.15) is 42.7 Å². The summed E-state index contributed by atoms with van der Waals surface area (Å²) in [6.45, 7) is 0. The smallest absolute Gasteiger partial charge is 0.255 e. The Labute approximate surface area is 162 Å². The lowest BCUT2D eigenvalue weighted by atomic mass is 9.82. The topological polar surface area (TPSA) is 65.9 Å². The van der Waals surface area contributed by atoms with Gasteiger partial charge in [-0.2, -0.15) is 5.26 Å². The molecule has 136 valence electrons. The van der Waals surface area contributed by atoms with Gasteiger partial charge in [0.15, 0.2) is 0 Å². The Hall–Kier alpha value is -2.77. The van der Waals surface area contributed by atoms with Gasteiger partial charge in [-0.05, 0) is 72.9 Å². The van der Waals surface area contributed by atoms with Crippen molar-refractivity contribution in [3.05, 3.63) is 75.2 Å². The van der Waals surface area contributed by atoms with Gasteiger partial charge in [0.25, 0.3) is 5.56 Å². The van der Waals surface area contributed by atoms with E-state index in [-0.39, 0.29) is 11.7 Å². The molecule has 27 heavy (non-hydrogen) atoms. The number of hydrogen-bond acceptors (Lipinski definition) is 3. The van der Waals surface area contributed by atoms with E-state index in [1.54, 1.807) is 12.3 Å². The number of aromatic nitrogens is 1. The second-order valence-corrected chi connectivity index (χ2v) is 7.41. The molecule has 0 atom stereocenters. The van der Waals surface area contributed by atoms with Crippen LogP contribution in [0.4, 0.5) is 0 Å². The first kappa shape index (κ1) is 17.6. The van der Waals surface area contributed by atoms with E-state index in [4.69, 9.17) is 21.6 Å². The average molecular weight is 379 g/mol. The van der Waals surface area contributed by atoms with Crippen LogP contribution in [0.5, 0.6) is 5.75 Å². The van der Waals surface area contributed by atoms with Crippen molar-refractivity contribution in [2.75, 3.05) is 0 Å². The number of fused-ring (bicyclic) bond motifs is 1. The second-order valence-electron chi connectivity index (χ2n) is 7.01. The van der Waals surface area contributed by atoms with E-state index in [0.29, 0.717) is 27.6 Å². The van der Waals surface area contributed by atoms with Gasteiger partial charge >= 0.3 is 0 Å². The molecule has 1 heterocycles. The van der Waals surface area contributed by atoms with Gasteiger partial charge < -0.3 is 9.72 Å². The fraction of sp³-hybridized carbons (Fsp3) is 0.273. The molecule has 1 saturated carbocycles. The average Bonchev–Trinajstić information content (AvgIpc) is 2.70. The highest BCUT2D eigenvalue weighted by molar-refractivity contribution is 6.32. The van der Waals surface area contributed by atoms with E-state index >= 15 is 0 Å². The van der Waals surface area contributed by atoms with Crippen molar-refractivity contribution in [2.24, 2.45) is 0 Å². The van der Waals surface area contributed by atoms with E-state index in [1.807, 2.05) is 30.3 Å². The van der Waals surface area contributed by atoms with Crippen molar-refractivity contribution >= 4 is 22.4 Å². The Morgan fingerprint density at radius 1 is 1.11 bits per heavy atom. The van der Waals surface area contributed by atoms with Crippen LogP contribution in [-0.2, 0) is 0 Å². The fourth-order valence-electron chi connectivity index (χ4n) is 3.83. The van der Waals surface area contributed by atoms with Gasteiger partial charge in [0, 0.05) is 11.6 Å². The van der Waals surface area contributed by atoms with Crippen molar-refractivity contribution in [1.29, 1.82) is 5.26 Å². The number of ether oxygens (including phenoxy) is 1. The Morgan fingerprint density at radius 2 is 1.93 bits per heavy atom. The molecule has 3 aromatic rings. The molecule has 4 nitrogen and oxygen atoms in total. The van der Waals surface area contributed by atoms with Crippen LogP contribution in [0.2, 0.25) is 5.02 Å². The molecular weight excluding hydrogens is 360 g/mol. The van der Waals surface area contributed by atoms with Crippen molar-refractivity contribution < 1.29 is 4.74 Å². The molecule has 1 aliphatic carbocycles. The van der Waals surface area contributed by atoms with Crippen LogP contribution in [-0.4, -0.2) is 11.1 Å². The Morgan fingerprint density at radius 3 is 2.70 bits per heavy atom. The van der Waals surface area contributed by atoms with Crippen molar-refractivity contribution in [2.45, 2.75) is 37.7 Å². The number of rotatable bonds is 3. The molecule has 0 bridgehead atoms. The van der Waals surface area contributed by atoms with E-state index in [1.165, 1.54) is 5.56 Å². The van der Waals surface area contributed by atoms with Gasteiger partial charge in [-0.1, -0.05) is 23.7 Å². The normalized spacial score (nSPS) is 19.6. The number of nitrogens with one attached hydrogen (secondary N) is 1. The molecular formula is C22H19ClN2O2. The third kappa shape index (κ3) is 3.70. The number of aromatic amines is 1. The summed E-state index contributed by atoms with van der Waals surface area (Å²) >= 11 is 6.34. The highest BCUT2D eigenvalue weighted by Crippen LogP contribution is 2.37. The first-order valence-electron chi connectivity index (χ1n) is 9.11. The van der Waals surface area contributed by atoms with Crippen LogP contribution < -0.4 is 10.3 Å². The minimum absolute atomic E-state index is 0.109. The van der Waals surface area contributed by atoms with E-state index in [2.05, 4.69) is 17.1 Å². The number of nitriles is 1. The molecule has 1 N–H and O–H groups in total. The Balaban J connectivity index is 1.46. The SMILES string of the molecule is N#Cc1cccc([C@H]2CC[C@H](Oc3cc4cc[nH]c(=O)c4cc3Cl)CC2)c1. The van der Waals surface area contributed by atoms with Crippen LogP contribution in [0.15, 0.2) is 53.5 Å². The minimum Gasteiger partial charge on any atom is -0.489 e. The number of halogens is 1. The number of benzene rings is 2. The van der Waals surface area contributed by atoms with Gasteiger partial charge in [0.05, 0.1) is 22.8 Å². The summed E-state index contributed by atoms with van der Waals surface area (Å²) in [5, 5.41) is 10.9. The summed E-state index contributed by atoms with van der Waals surface area (Å²) in [5.74, 6) is 1.09. The van der Waals surface area contributed by atoms with Crippen LogP contribution in [0, 0.1) is 11.3 Å². The lowest BCUT2D eigenvalue weighted by molar-refractivity contribution is 0.147. The first-order chi connectivity index (χ1) is 13.1. The Bertz CT molecular complexity index is 1080. The van der Waals surface area contributed by atoms with Crippen molar-refractivity contribution in [1.82, 2.24) is 4.98 Å². The number of nitrogens with zero attached hydrogens (tertiary/aromatic N) is 1. The lowest BCUT2D eigenvalue weighted by Gasteiger charge is -2.29. The van der Waals surface area contributed by atoms with Crippen molar-refractivity contribution in [3.63, 3.8) is 0 Å². The zero-order valence-electron chi connectivity index (χ0n) is 14.7. The summed E-state index contributed by atoms with van der Waals surface area (Å²) in [4.78, 5) is 14.5. The van der Waals surface area contributed by atoms with Crippen LogP contribution in [0.25, 0.3) is 10.8 Å². The summed E-state index contributed by atoms with van der Waals surface area (Å²) in [5.41, 5.74) is 1.79. The van der Waals surface area contributed by atoms with E-state index in [0.717, 1.165) is 31.1 Å². The molecule has 0 amide bonds. The van der Waals surface area contributed by atoms with Gasteiger partial charge in [-0.3, -0.25) is 4.79 Å². The molecule has 5 heteroatoms. The molecule has 0 radical (unpaired) electrons. The number of H-pyrrole nitrogens is 1. The minimum atomic E-state index is -0.152. The van der Waals surface area contributed by atoms with Gasteiger partial charge in [0.1, 0.15) is 5.75 Å². The molecule has 1 aromatic heterocycles. The van der Waals surface area contributed by atoms with Gasteiger partial charge in [-0.15, -0.1) is 0 Å². The van der Waals surface area contributed by atoms with Crippen LogP contribution >= 0.6 is 11.6 Å². The standard InChI is InChI=1S/C22H19ClN2O2/c23-20-12-19-17(8-9-25-22(19)26)11-21(20)27-18-6-4-15(5-7-18)16-3-1-2-14(10-16)13-24/h1-3,8-12,15,18H,4-7H2,(H,25,26)/t15-,18-. The maximum atomic E-state index is 11.9. The molecule has 0 aliphatic heterocycles. The third-order valence-corrected chi connectivity index (χ3v) is 5.58. The van der Waals surface area contributed by atoms with Crippen LogP contribution in [0.3, 0.4) is 0 Å². The summed E-state index contributed by atoms with van der Waals surface area (Å²) in [6, 6.07) is 15.4. The quantitative estimate of drug-likeness (QED) is 0.684. The van der Waals surface area contributed by atoms with Gasteiger partial charge in [-0.25, -0.2) is 0 Å². The molecule has 2 aromatic carbocycles. The summed E-state index contributed by atoms with van der Waals surface area (Å²) in [7, 11) is 0. The van der Waals surface area contributed by atoms with Crippen molar-refractivity contribution in [3.8, 4) is 11.8 Å². The number of pyridine rings is 1. The monoisotopic (exact) mass is 378 g/mol. The van der Waals surface area contributed by atoms with Gasteiger partial charge in [0.2, 0.25) is 0 Å². The summed E-state index contributed by atoms with van der Waals surface area (Å²) < 4.78 is 6.17. The predicted molar refractivity (Wildman–Crippen MR) is 106 cm³/mol. The lowest BCUT2D eigenvalue weighted by Crippen LogP contribution is -2.23.